The number of aryl methyl sites for hydroxylation is 2. The summed E-state index contributed by atoms with van der Waals surface area (Å²) in [6.07, 6.45) is 2.80. The van der Waals surface area contributed by atoms with Crippen LogP contribution in [0.15, 0.2) is 53.7 Å². The summed E-state index contributed by atoms with van der Waals surface area (Å²) in [5, 5.41) is 9.84. The molecule has 4 rings (SSSR count). The Morgan fingerprint density at radius 2 is 1.89 bits per heavy atom. The zero-order chi connectivity index (χ0) is 25.5. The topological polar surface area (TPSA) is 77.3 Å². The molecule has 0 N–H and O–H groups in total. The van der Waals surface area contributed by atoms with Gasteiger partial charge in [0.15, 0.2) is 11.0 Å². The number of thioether (sulfide) groups is 1. The van der Waals surface area contributed by atoms with Crippen LogP contribution in [0.3, 0.4) is 0 Å². The number of rotatable bonds is 9. The second-order valence-corrected chi connectivity index (χ2v) is 10.3. The molecule has 0 spiro atoms. The van der Waals surface area contributed by atoms with E-state index in [1.165, 1.54) is 11.1 Å². The van der Waals surface area contributed by atoms with Crippen LogP contribution in [0.4, 0.5) is 0 Å². The summed E-state index contributed by atoms with van der Waals surface area (Å²) in [5.41, 5.74) is 4.40. The van der Waals surface area contributed by atoms with E-state index in [1.807, 2.05) is 17.9 Å². The van der Waals surface area contributed by atoms with Crippen LogP contribution in [-0.2, 0) is 14.3 Å². The maximum Gasteiger partial charge on any atom is 0.310 e. The van der Waals surface area contributed by atoms with Crippen molar-refractivity contribution >= 4 is 23.6 Å². The molecule has 1 saturated heterocycles. The molecule has 1 aromatic heterocycles. The summed E-state index contributed by atoms with van der Waals surface area (Å²) >= 11 is 1.61. The maximum atomic E-state index is 12.8. The molecule has 1 atom stereocenters. The van der Waals surface area contributed by atoms with Crippen LogP contribution in [0.1, 0.15) is 43.7 Å². The number of piperidine rings is 1. The summed E-state index contributed by atoms with van der Waals surface area (Å²) in [6, 6.07) is 16.6. The van der Waals surface area contributed by atoms with Crippen molar-refractivity contribution in [3.8, 4) is 17.1 Å². The first-order valence-electron chi connectivity index (χ1n) is 12.6. The lowest BCUT2D eigenvalue weighted by Gasteiger charge is -2.31. The summed E-state index contributed by atoms with van der Waals surface area (Å²) < 4.78 is 7.25. The van der Waals surface area contributed by atoms with Gasteiger partial charge < -0.3 is 9.64 Å². The molecule has 2 heterocycles. The van der Waals surface area contributed by atoms with Gasteiger partial charge in [0.05, 0.1) is 12.5 Å². The average molecular weight is 507 g/mol. The van der Waals surface area contributed by atoms with E-state index in [1.54, 1.807) is 11.8 Å². The molecule has 2 aromatic carbocycles. The molecule has 1 aliphatic heterocycles. The molecule has 7 nitrogen and oxygen atoms in total. The van der Waals surface area contributed by atoms with E-state index in [4.69, 9.17) is 4.74 Å². The van der Waals surface area contributed by atoms with Crippen LogP contribution < -0.4 is 0 Å². The van der Waals surface area contributed by atoms with Crippen LogP contribution in [-0.4, -0.2) is 57.0 Å². The molecule has 0 radical (unpaired) electrons. The Kier molecular flexibility index (Phi) is 8.80. The standard InChI is InChI=1S/C28H34N4O3S/c1-4-35-27(34)23-9-6-16-31(19-23)25(33)11-7-17-36-28-30-29-26(22-14-12-20(2)13-15-22)32(28)24-10-5-8-21(3)18-24/h5,8,10,12-15,18,23H,4,6-7,9,11,16-17,19H2,1-3H3. The molecule has 3 aromatic rings. The number of amides is 1. The van der Waals surface area contributed by atoms with Crippen molar-refractivity contribution in [2.75, 3.05) is 25.4 Å². The smallest absolute Gasteiger partial charge is 0.310 e. The van der Waals surface area contributed by atoms with Gasteiger partial charge in [0.2, 0.25) is 5.91 Å². The van der Waals surface area contributed by atoms with Gasteiger partial charge in [-0.25, -0.2) is 0 Å². The van der Waals surface area contributed by atoms with E-state index in [9.17, 15) is 9.59 Å². The number of carbonyl (C=O) groups excluding carboxylic acids is 2. The maximum absolute atomic E-state index is 12.8. The van der Waals surface area contributed by atoms with E-state index in [2.05, 4.69) is 71.1 Å². The lowest BCUT2D eigenvalue weighted by molar-refractivity contribution is -0.151. The monoisotopic (exact) mass is 506 g/mol. The third-order valence-electron chi connectivity index (χ3n) is 6.36. The van der Waals surface area contributed by atoms with Crippen molar-refractivity contribution < 1.29 is 14.3 Å². The largest absolute Gasteiger partial charge is 0.466 e. The van der Waals surface area contributed by atoms with E-state index < -0.39 is 0 Å². The van der Waals surface area contributed by atoms with Crippen LogP contribution in [0, 0.1) is 19.8 Å². The lowest BCUT2D eigenvalue weighted by Crippen LogP contribution is -2.42. The summed E-state index contributed by atoms with van der Waals surface area (Å²) in [7, 11) is 0. The number of aromatic nitrogens is 3. The minimum atomic E-state index is -0.204. The molecule has 8 heteroatoms. The first-order chi connectivity index (χ1) is 17.5. The molecular weight excluding hydrogens is 472 g/mol. The Labute approximate surface area is 217 Å². The molecule has 1 unspecified atom stereocenters. The third-order valence-corrected chi connectivity index (χ3v) is 7.38. The molecular formula is C28H34N4O3S. The Balaban J connectivity index is 1.40. The minimum Gasteiger partial charge on any atom is -0.466 e. The van der Waals surface area contributed by atoms with E-state index in [0.717, 1.165) is 47.2 Å². The molecule has 1 amide bonds. The van der Waals surface area contributed by atoms with Gasteiger partial charge in [-0.05, 0) is 57.7 Å². The van der Waals surface area contributed by atoms with Crippen LogP contribution >= 0.6 is 11.8 Å². The molecule has 36 heavy (non-hydrogen) atoms. The second kappa shape index (κ2) is 12.2. The van der Waals surface area contributed by atoms with Gasteiger partial charge in [-0.15, -0.1) is 10.2 Å². The number of esters is 1. The van der Waals surface area contributed by atoms with Gasteiger partial charge in [-0.3, -0.25) is 14.2 Å². The predicted octanol–water partition coefficient (Wildman–Crippen LogP) is 5.23. The fraction of sp³-hybridized carbons (Fsp3) is 0.429. The van der Waals surface area contributed by atoms with Crippen molar-refractivity contribution in [1.29, 1.82) is 0 Å². The fourth-order valence-electron chi connectivity index (χ4n) is 4.45. The van der Waals surface area contributed by atoms with Crippen molar-refractivity contribution in [3.05, 3.63) is 59.7 Å². The Morgan fingerprint density at radius 3 is 2.64 bits per heavy atom. The number of nitrogens with zero attached hydrogens (tertiary/aromatic N) is 4. The number of benzene rings is 2. The Hall–Kier alpha value is -3.13. The van der Waals surface area contributed by atoms with E-state index in [-0.39, 0.29) is 17.8 Å². The van der Waals surface area contributed by atoms with E-state index in [0.29, 0.717) is 26.1 Å². The molecule has 1 aliphatic rings. The Morgan fingerprint density at radius 1 is 1.08 bits per heavy atom. The van der Waals surface area contributed by atoms with Crippen LogP contribution in [0.25, 0.3) is 17.1 Å². The van der Waals surface area contributed by atoms with Crippen LogP contribution in [0.5, 0.6) is 0 Å². The highest BCUT2D eigenvalue weighted by molar-refractivity contribution is 7.99. The lowest BCUT2D eigenvalue weighted by atomic mass is 9.98. The average Bonchev–Trinajstić information content (AvgIpc) is 3.31. The first-order valence-corrected chi connectivity index (χ1v) is 13.6. The molecule has 1 fully saturated rings. The minimum absolute atomic E-state index is 0.102. The quantitative estimate of drug-likeness (QED) is 0.225. The molecule has 0 aliphatic carbocycles. The van der Waals surface area contributed by atoms with Gasteiger partial charge >= 0.3 is 5.97 Å². The third kappa shape index (κ3) is 6.35. The molecule has 190 valence electrons. The zero-order valence-corrected chi connectivity index (χ0v) is 22.1. The van der Waals surface area contributed by atoms with Crippen molar-refractivity contribution in [1.82, 2.24) is 19.7 Å². The number of likely N-dealkylation sites (tertiary alicyclic amines) is 1. The van der Waals surface area contributed by atoms with Gasteiger partial charge in [0.1, 0.15) is 0 Å². The number of hydrogen-bond acceptors (Lipinski definition) is 6. The molecule has 0 bridgehead atoms. The number of ether oxygens (including phenoxy) is 1. The zero-order valence-electron chi connectivity index (χ0n) is 21.3. The van der Waals surface area contributed by atoms with Crippen molar-refractivity contribution in [3.63, 3.8) is 0 Å². The number of hydrogen-bond donors (Lipinski definition) is 0. The van der Waals surface area contributed by atoms with Crippen LogP contribution in [0.2, 0.25) is 0 Å². The molecule has 0 saturated carbocycles. The predicted molar refractivity (Wildman–Crippen MR) is 142 cm³/mol. The highest BCUT2D eigenvalue weighted by Gasteiger charge is 2.29. The SMILES string of the molecule is CCOC(=O)C1CCCN(C(=O)CCCSc2nnc(-c3ccc(C)cc3)n2-c2cccc(C)c2)C1. The van der Waals surface area contributed by atoms with Crippen molar-refractivity contribution in [2.24, 2.45) is 5.92 Å². The fourth-order valence-corrected chi connectivity index (χ4v) is 5.34. The first kappa shape index (κ1) is 25.9. The summed E-state index contributed by atoms with van der Waals surface area (Å²) in [5.74, 6) is 1.26. The highest BCUT2D eigenvalue weighted by atomic mass is 32.2. The second-order valence-electron chi connectivity index (χ2n) is 9.23. The van der Waals surface area contributed by atoms with Crippen molar-refractivity contribution in [2.45, 2.75) is 51.6 Å². The van der Waals surface area contributed by atoms with E-state index >= 15 is 0 Å². The van der Waals surface area contributed by atoms with Gasteiger partial charge in [-0.1, -0.05) is 53.7 Å². The Bertz CT molecular complexity index is 1190. The summed E-state index contributed by atoms with van der Waals surface area (Å²) in [4.78, 5) is 26.7. The normalized spacial score (nSPS) is 15.6. The number of carbonyl (C=O) groups is 2. The highest BCUT2D eigenvalue weighted by Crippen LogP contribution is 2.29. The summed E-state index contributed by atoms with van der Waals surface area (Å²) in [6.45, 7) is 7.50. The van der Waals surface area contributed by atoms with Gasteiger partial charge in [0, 0.05) is 36.5 Å². The van der Waals surface area contributed by atoms with Gasteiger partial charge in [-0.2, -0.15) is 0 Å². The van der Waals surface area contributed by atoms with Gasteiger partial charge in [0.25, 0.3) is 0 Å².